The third-order valence-electron chi connectivity index (χ3n) is 4.29. The number of hydrogen-bond donors (Lipinski definition) is 1. The molecule has 0 saturated carbocycles. The largest absolute Gasteiger partial charge is 0.338 e. The summed E-state index contributed by atoms with van der Waals surface area (Å²) in [5.41, 5.74) is 0.838. The molecule has 122 valence electrons. The summed E-state index contributed by atoms with van der Waals surface area (Å²) in [4.78, 5) is 38.2. The highest BCUT2D eigenvalue weighted by atomic mass is 19.1. The van der Waals surface area contributed by atoms with E-state index in [1.165, 1.54) is 12.1 Å². The zero-order valence-electron chi connectivity index (χ0n) is 12.6. The summed E-state index contributed by atoms with van der Waals surface area (Å²) >= 11 is 0. The highest BCUT2D eigenvalue weighted by Crippen LogP contribution is 2.22. The van der Waals surface area contributed by atoms with Gasteiger partial charge in [-0.2, -0.15) is 0 Å². The van der Waals surface area contributed by atoms with E-state index in [4.69, 9.17) is 0 Å². The van der Waals surface area contributed by atoms with Crippen LogP contribution in [-0.2, 0) is 16.0 Å². The molecular formula is C16H18FN3O3. The number of likely N-dealkylation sites (tertiary alicyclic amines) is 1. The smallest absolute Gasteiger partial charge is 0.325 e. The number of rotatable bonds is 4. The van der Waals surface area contributed by atoms with Crippen LogP contribution < -0.4 is 5.32 Å². The van der Waals surface area contributed by atoms with E-state index in [1.807, 2.05) is 6.07 Å². The number of amides is 4. The van der Waals surface area contributed by atoms with Crippen LogP contribution in [-0.4, -0.2) is 53.3 Å². The summed E-state index contributed by atoms with van der Waals surface area (Å²) in [5.74, 6) is -0.920. The minimum Gasteiger partial charge on any atom is -0.338 e. The van der Waals surface area contributed by atoms with Crippen LogP contribution in [0.4, 0.5) is 9.18 Å². The van der Waals surface area contributed by atoms with E-state index in [1.54, 1.807) is 11.0 Å². The van der Waals surface area contributed by atoms with Gasteiger partial charge in [-0.05, 0) is 37.0 Å². The predicted molar refractivity (Wildman–Crippen MR) is 80.0 cm³/mol. The molecule has 0 bridgehead atoms. The van der Waals surface area contributed by atoms with Gasteiger partial charge in [-0.25, -0.2) is 9.18 Å². The molecule has 1 aromatic carbocycles. The lowest BCUT2D eigenvalue weighted by Gasteiger charge is -2.26. The summed E-state index contributed by atoms with van der Waals surface area (Å²) in [5, 5.41) is 2.40. The lowest BCUT2D eigenvalue weighted by Crippen LogP contribution is -2.45. The summed E-state index contributed by atoms with van der Waals surface area (Å²) in [6.07, 6.45) is 2.28. The van der Waals surface area contributed by atoms with E-state index < -0.39 is 6.03 Å². The van der Waals surface area contributed by atoms with Gasteiger partial charge in [-0.15, -0.1) is 0 Å². The molecule has 1 N–H and O–H groups in total. The maximum absolute atomic E-state index is 13.3. The first-order valence-corrected chi connectivity index (χ1v) is 7.66. The van der Waals surface area contributed by atoms with Crippen LogP contribution in [0.15, 0.2) is 24.3 Å². The Morgan fingerprint density at radius 3 is 2.87 bits per heavy atom. The zero-order valence-corrected chi connectivity index (χ0v) is 12.6. The maximum Gasteiger partial charge on any atom is 0.325 e. The predicted octanol–water partition coefficient (Wildman–Crippen LogP) is 0.911. The minimum absolute atomic E-state index is 0.0231. The Labute approximate surface area is 133 Å². The van der Waals surface area contributed by atoms with Crippen molar-refractivity contribution in [3.05, 3.63) is 35.6 Å². The molecule has 2 aliphatic rings. The fourth-order valence-corrected chi connectivity index (χ4v) is 3.15. The van der Waals surface area contributed by atoms with Crippen molar-refractivity contribution in [2.45, 2.75) is 25.3 Å². The zero-order chi connectivity index (χ0) is 16.4. The van der Waals surface area contributed by atoms with E-state index in [2.05, 4.69) is 5.32 Å². The van der Waals surface area contributed by atoms with Crippen molar-refractivity contribution < 1.29 is 18.8 Å². The van der Waals surface area contributed by atoms with Crippen molar-refractivity contribution in [2.24, 2.45) is 0 Å². The summed E-state index contributed by atoms with van der Waals surface area (Å²) in [7, 11) is 0. The van der Waals surface area contributed by atoms with E-state index in [9.17, 15) is 18.8 Å². The van der Waals surface area contributed by atoms with Gasteiger partial charge in [0, 0.05) is 12.6 Å². The van der Waals surface area contributed by atoms with Crippen molar-refractivity contribution in [2.75, 3.05) is 19.6 Å². The van der Waals surface area contributed by atoms with Crippen molar-refractivity contribution >= 4 is 17.8 Å². The Kier molecular flexibility index (Phi) is 4.27. The highest BCUT2D eigenvalue weighted by molar-refractivity contribution is 6.04. The van der Waals surface area contributed by atoms with Crippen LogP contribution in [0.25, 0.3) is 0 Å². The van der Waals surface area contributed by atoms with Crippen LogP contribution in [0.2, 0.25) is 0 Å². The molecule has 0 aliphatic carbocycles. The first-order chi connectivity index (χ1) is 11.0. The molecular weight excluding hydrogens is 301 g/mol. The van der Waals surface area contributed by atoms with Crippen LogP contribution in [0, 0.1) is 5.82 Å². The van der Waals surface area contributed by atoms with Gasteiger partial charge < -0.3 is 10.2 Å². The van der Waals surface area contributed by atoms with Crippen LogP contribution in [0.3, 0.4) is 0 Å². The second-order valence-corrected chi connectivity index (χ2v) is 5.86. The van der Waals surface area contributed by atoms with Gasteiger partial charge in [0.05, 0.1) is 6.54 Å². The molecule has 23 heavy (non-hydrogen) atoms. The van der Waals surface area contributed by atoms with Crippen LogP contribution >= 0.6 is 0 Å². The Balaban J connectivity index is 1.65. The second-order valence-electron chi connectivity index (χ2n) is 5.86. The molecule has 1 atom stereocenters. The Bertz CT molecular complexity index is 633. The number of nitrogens with zero attached hydrogens (tertiary/aromatic N) is 2. The highest BCUT2D eigenvalue weighted by Gasteiger charge is 2.35. The Hall–Kier alpha value is -2.44. The van der Waals surface area contributed by atoms with Crippen molar-refractivity contribution in [3.63, 3.8) is 0 Å². The van der Waals surface area contributed by atoms with Gasteiger partial charge in [-0.3, -0.25) is 14.5 Å². The molecule has 1 unspecified atom stereocenters. The molecule has 0 spiro atoms. The molecule has 6 nitrogen and oxygen atoms in total. The Morgan fingerprint density at radius 1 is 1.35 bits per heavy atom. The number of benzene rings is 1. The average molecular weight is 319 g/mol. The quantitative estimate of drug-likeness (QED) is 0.839. The third-order valence-corrected chi connectivity index (χ3v) is 4.29. The molecule has 1 aromatic rings. The first-order valence-electron chi connectivity index (χ1n) is 7.66. The van der Waals surface area contributed by atoms with Crippen LogP contribution in [0.5, 0.6) is 0 Å². The number of hydrogen-bond acceptors (Lipinski definition) is 3. The standard InChI is InChI=1S/C16H18FN3O3/c17-12-4-1-3-11(7-12)8-13-5-2-6-19(13)15(22)10-20-14(21)9-18-16(20)23/h1,3-4,7,13H,2,5-6,8-10H2,(H,18,23). The minimum atomic E-state index is -0.524. The molecule has 3 rings (SSSR count). The lowest BCUT2D eigenvalue weighted by atomic mass is 10.0. The fraction of sp³-hybridized carbons (Fsp3) is 0.438. The van der Waals surface area contributed by atoms with Gasteiger partial charge in [0.25, 0.3) is 5.91 Å². The topological polar surface area (TPSA) is 69.7 Å². The number of imide groups is 1. The van der Waals surface area contributed by atoms with E-state index in [0.717, 1.165) is 23.3 Å². The first kappa shape index (κ1) is 15.5. The molecule has 2 heterocycles. The molecule has 7 heteroatoms. The number of urea groups is 1. The van der Waals surface area contributed by atoms with E-state index in [0.29, 0.717) is 13.0 Å². The Morgan fingerprint density at radius 2 is 2.17 bits per heavy atom. The van der Waals surface area contributed by atoms with Gasteiger partial charge in [-0.1, -0.05) is 12.1 Å². The fourth-order valence-electron chi connectivity index (χ4n) is 3.15. The van der Waals surface area contributed by atoms with Gasteiger partial charge in [0.15, 0.2) is 0 Å². The number of halogens is 1. The SMILES string of the molecule is O=C1CNC(=O)N1CC(=O)N1CCCC1Cc1cccc(F)c1. The van der Waals surface area contributed by atoms with Crippen LogP contribution in [0.1, 0.15) is 18.4 Å². The third kappa shape index (κ3) is 3.33. The maximum atomic E-state index is 13.3. The molecule has 0 aromatic heterocycles. The normalized spacial score (nSPS) is 21.0. The van der Waals surface area contributed by atoms with Crippen molar-refractivity contribution in [3.8, 4) is 0 Å². The summed E-state index contributed by atoms with van der Waals surface area (Å²) in [6.45, 7) is 0.311. The monoisotopic (exact) mass is 319 g/mol. The summed E-state index contributed by atoms with van der Waals surface area (Å²) < 4.78 is 13.3. The molecule has 0 radical (unpaired) electrons. The lowest BCUT2D eigenvalue weighted by molar-refractivity contribution is -0.137. The van der Waals surface area contributed by atoms with E-state index >= 15 is 0 Å². The van der Waals surface area contributed by atoms with Crippen molar-refractivity contribution in [1.82, 2.24) is 15.1 Å². The molecule has 2 fully saturated rings. The van der Waals surface area contributed by atoms with Crippen molar-refractivity contribution in [1.29, 1.82) is 0 Å². The van der Waals surface area contributed by atoms with E-state index in [-0.39, 0.29) is 36.8 Å². The van der Waals surface area contributed by atoms with Gasteiger partial charge in [0.1, 0.15) is 12.4 Å². The van der Waals surface area contributed by atoms with Gasteiger partial charge in [0.2, 0.25) is 5.91 Å². The number of carbonyl (C=O) groups excluding carboxylic acids is 3. The number of carbonyl (C=O) groups is 3. The molecule has 2 saturated heterocycles. The average Bonchev–Trinajstić information content (AvgIpc) is 3.09. The summed E-state index contributed by atoms with van der Waals surface area (Å²) in [6, 6.07) is 5.80. The van der Waals surface area contributed by atoms with Gasteiger partial charge >= 0.3 is 6.03 Å². The number of nitrogens with one attached hydrogen (secondary N) is 1. The molecule has 2 aliphatic heterocycles. The second kappa shape index (κ2) is 6.36. The molecule has 4 amide bonds.